The summed E-state index contributed by atoms with van der Waals surface area (Å²) in [6.07, 6.45) is 9.04. The van der Waals surface area contributed by atoms with Gasteiger partial charge in [0.05, 0.1) is 0 Å². The van der Waals surface area contributed by atoms with E-state index in [1.165, 1.54) is 0 Å². The predicted octanol–water partition coefficient (Wildman–Crippen LogP) is 0.824. The lowest BCUT2D eigenvalue weighted by Crippen LogP contribution is -2.44. The van der Waals surface area contributed by atoms with Crippen LogP contribution in [0.25, 0.3) is 5.78 Å². The van der Waals surface area contributed by atoms with Crippen LogP contribution in [0.1, 0.15) is 59.8 Å². The van der Waals surface area contributed by atoms with Gasteiger partial charge in [-0.2, -0.15) is 0 Å². The molecule has 3 aromatic rings. The van der Waals surface area contributed by atoms with Gasteiger partial charge in [0.15, 0.2) is 5.82 Å². The largest absolute Gasteiger partial charge is 0.388 e. The van der Waals surface area contributed by atoms with E-state index in [4.69, 9.17) is 0 Å². The molecule has 5 rings (SSSR count). The van der Waals surface area contributed by atoms with Crippen LogP contribution in [0, 0.1) is 0 Å². The van der Waals surface area contributed by atoms with Crippen molar-refractivity contribution in [1.82, 2.24) is 34.4 Å². The highest BCUT2D eigenvalue weighted by molar-refractivity contribution is 5.93. The average Bonchev–Trinajstić information content (AvgIpc) is 3.22. The topological polar surface area (TPSA) is 110 Å². The molecule has 134 valence electrons. The highest BCUT2D eigenvalue weighted by atomic mass is 16.3. The fraction of sp³-hybridized carbons (Fsp3) is 0.471. The summed E-state index contributed by atoms with van der Waals surface area (Å²) in [4.78, 5) is 20.8. The van der Waals surface area contributed by atoms with Gasteiger partial charge in [-0.25, -0.2) is 9.97 Å². The van der Waals surface area contributed by atoms with E-state index in [2.05, 4.69) is 30.0 Å². The minimum absolute atomic E-state index is 0.0850. The molecule has 0 unspecified atom stereocenters. The molecule has 26 heavy (non-hydrogen) atoms. The third-order valence-electron chi connectivity index (χ3n) is 5.15. The third kappa shape index (κ3) is 2.55. The molecule has 2 aliphatic carbocycles. The number of aromatic nitrogens is 6. The summed E-state index contributed by atoms with van der Waals surface area (Å²) in [6.45, 7) is -0.0850. The Morgan fingerprint density at radius 1 is 1.31 bits per heavy atom. The molecule has 2 saturated carbocycles. The second kappa shape index (κ2) is 5.87. The Labute approximate surface area is 149 Å². The molecule has 2 fully saturated rings. The number of carbonyl (C=O) groups excluding carboxylic acids is 1. The Kier molecular flexibility index (Phi) is 3.49. The standard InChI is InChI=1S/C17H19N7O2/c25-9-14-21-22-15(24(14)12-2-3-12)10-6-11(7-10)19-16(26)13-8-23-5-1-4-18-17(23)20-13/h1,4-5,8,10-12,25H,2-3,6-7,9H2,(H,19,26). The first kappa shape index (κ1) is 15.4. The zero-order valence-corrected chi connectivity index (χ0v) is 14.1. The molecule has 3 aromatic heterocycles. The molecule has 2 N–H and O–H groups in total. The van der Waals surface area contributed by atoms with Crippen molar-refractivity contribution in [3.63, 3.8) is 0 Å². The van der Waals surface area contributed by atoms with Gasteiger partial charge in [0.1, 0.15) is 18.1 Å². The van der Waals surface area contributed by atoms with Crippen molar-refractivity contribution in [1.29, 1.82) is 0 Å². The number of aliphatic hydroxyl groups excluding tert-OH is 1. The SMILES string of the molecule is O=C(NC1CC(c2nnc(CO)n2C2CC2)C1)c1cn2cccnc2n1. The molecular formula is C17H19N7O2. The van der Waals surface area contributed by atoms with Crippen LogP contribution < -0.4 is 5.32 Å². The number of hydrogen-bond donors (Lipinski definition) is 2. The van der Waals surface area contributed by atoms with Crippen molar-refractivity contribution in [2.75, 3.05) is 0 Å². The number of imidazole rings is 1. The van der Waals surface area contributed by atoms with Crippen LogP contribution >= 0.6 is 0 Å². The maximum atomic E-state index is 12.4. The van der Waals surface area contributed by atoms with E-state index in [0.717, 1.165) is 31.5 Å². The lowest BCUT2D eigenvalue weighted by Gasteiger charge is -2.35. The van der Waals surface area contributed by atoms with Crippen LogP contribution in [0.2, 0.25) is 0 Å². The molecule has 9 heteroatoms. The highest BCUT2D eigenvalue weighted by Crippen LogP contribution is 2.42. The van der Waals surface area contributed by atoms with Crippen LogP contribution in [-0.2, 0) is 6.61 Å². The number of amides is 1. The smallest absolute Gasteiger partial charge is 0.271 e. The number of nitrogens with zero attached hydrogens (tertiary/aromatic N) is 6. The van der Waals surface area contributed by atoms with Gasteiger partial charge in [0.2, 0.25) is 5.78 Å². The molecule has 3 heterocycles. The molecular weight excluding hydrogens is 334 g/mol. The number of carbonyl (C=O) groups is 1. The number of hydrogen-bond acceptors (Lipinski definition) is 6. The minimum Gasteiger partial charge on any atom is -0.388 e. The van der Waals surface area contributed by atoms with E-state index in [-0.39, 0.29) is 24.5 Å². The lowest BCUT2D eigenvalue weighted by molar-refractivity contribution is 0.0902. The second-order valence-electron chi connectivity index (χ2n) is 7.03. The Hall–Kier alpha value is -2.81. The summed E-state index contributed by atoms with van der Waals surface area (Å²) in [5.41, 5.74) is 0.371. The monoisotopic (exact) mass is 353 g/mol. The van der Waals surface area contributed by atoms with E-state index in [0.29, 0.717) is 23.3 Å². The zero-order chi connectivity index (χ0) is 17.7. The van der Waals surface area contributed by atoms with E-state index >= 15 is 0 Å². The summed E-state index contributed by atoms with van der Waals surface area (Å²) >= 11 is 0. The summed E-state index contributed by atoms with van der Waals surface area (Å²) < 4.78 is 3.82. The number of aliphatic hydroxyl groups is 1. The number of rotatable bonds is 5. The Morgan fingerprint density at radius 2 is 2.15 bits per heavy atom. The van der Waals surface area contributed by atoms with Crippen molar-refractivity contribution in [3.05, 3.63) is 42.0 Å². The van der Waals surface area contributed by atoms with E-state index in [9.17, 15) is 9.90 Å². The zero-order valence-electron chi connectivity index (χ0n) is 14.1. The van der Waals surface area contributed by atoms with Crippen LogP contribution in [-0.4, -0.2) is 46.2 Å². The molecule has 0 spiro atoms. The molecule has 9 nitrogen and oxygen atoms in total. The van der Waals surface area contributed by atoms with Gasteiger partial charge in [-0.1, -0.05) is 0 Å². The van der Waals surface area contributed by atoms with Gasteiger partial charge in [-0.3, -0.25) is 9.20 Å². The number of nitrogens with one attached hydrogen (secondary N) is 1. The molecule has 2 aliphatic rings. The molecule has 0 bridgehead atoms. The van der Waals surface area contributed by atoms with Crippen molar-refractivity contribution in [3.8, 4) is 0 Å². The Bertz CT molecular complexity index is 936. The normalized spacial score (nSPS) is 22.3. The van der Waals surface area contributed by atoms with Crippen molar-refractivity contribution < 1.29 is 9.90 Å². The summed E-state index contributed by atoms with van der Waals surface area (Å²) in [6, 6.07) is 2.33. The first-order valence-electron chi connectivity index (χ1n) is 8.88. The van der Waals surface area contributed by atoms with E-state index in [1.54, 1.807) is 22.9 Å². The lowest BCUT2D eigenvalue weighted by atomic mass is 9.79. The van der Waals surface area contributed by atoms with Crippen LogP contribution in [0.4, 0.5) is 0 Å². The average molecular weight is 353 g/mol. The second-order valence-corrected chi connectivity index (χ2v) is 7.03. The van der Waals surface area contributed by atoms with Crippen LogP contribution in [0.5, 0.6) is 0 Å². The molecule has 1 amide bonds. The fourth-order valence-corrected chi connectivity index (χ4v) is 3.60. The van der Waals surface area contributed by atoms with Gasteiger partial charge in [0.25, 0.3) is 5.91 Å². The summed E-state index contributed by atoms with van der Waals surface area (Å²) in [7, 11) is 0. The van der Waals surface area contributed by atoms with Gasteiger partial charge in [0, 0.05) is 36.6 Å². The molecule has 0 aliphatic heterocycles. The van der Waals surface area contributed by atoms with Gasteiger partial charge in [-0.05, 0) is 31.7 Å². The van der Waals surface area contributed by atoms with Crippen LogP contribution in [0.15, 0.2) is 24.7 Å². The first-order chi connectivity index (χ1) is 12.7. The maximum Gasteiger partial charge on any atom is 0.271 e. The van der Waals surface area contributed by atoms with E-state index in [1.807, 2.05) is 6.20 Å². The maximum absolute atomic E-state index is 12.4. The number of fused-ring (bicyclic) bond motifs is 1. The molecule has 0 radical (unpaired) electrons. The quantitative estimate of drug-likeness (QED) is 0.703. The molecule has 0 atom stereocenters. The van der Waals surface area contributed by atoms with Crippen molar-refractivity contribution >= 4 is 11.7 Å². The fourth-order valence-electron chi connectivity index (χ4n) is 3.60. The van der Waals surface area contributed by atoms with E-state index < -0.39 is 0 Å². The third-order valence-corrected chi connectivity index (χ3v) is 5.15. The predicted molar refractivity (Wildman–Crippen MR) is 90.4 cm³/mol. The summed E-state index contributed by atoms with van der Waals surface area (Å²) in [5, 5.41) is 20.9. The molecule has 0 aromatic carbocycles. The van der Waals surface area contributed by atoms with Gasteiger partial charge in [-0.15, -0.1) is 10.2 Å². The Morgan fingerprint density at radius 3 is 2.88 bits per heavy atom. The summed E-state index contributed by atoms with van der Waals surface area (Å²) in [5.74, 6) is 2.19. The first-order valence-corrected chi connectivity index (χ1v) is 8.88. The highest BCUT2D eigenvalue weighted by Gasteiger charge is 2.38. The van der Waals surface area contributed by atoms with Crippen LogP contribution in [0.3, 0.4) is 0 Å². The van der Waals surface area contributed by atoms with Crippen molar-refractivity contribution in [2.24, 2.45) is 0 Å². The Balaban J connectivity index is 1.25. The minimum atomic E-state index is -0.182. The van der Waals surface area contributed by atoms with Gasteiger partial charge >= 0.3 is 0 Å². The molecule has 0 saturated heterocycles. The van der Waals surface area contributed by atoms with Crippen molar-refractivity contribution in [2.45, 2.75) is 50.3 Å². The van der Waals surface area contributed by atoms with Gasteiger partial charge < -0.3 is 15.0 Å².